The van der Waals surface area contributed by atoms with E-state index < -0.39 is 0 Å². The van der Waals surface area contributed by atoms with Gasteiger partial charge in [0.1, 0.15) is 5.82 Å². The summed E-state index contributed by atoms with van der Waals surface area (Å²) in [6.45, 7) is 9.54. The van der Waals surface area contributed by atoms with Crippen molar-refractivity contribution in [3.63, 3.8) is 0 Å². The topological polar surface area (TPSA) is 42.1 Å². The van der Waals surface area contributed by atoms with Crippen molar-refractivity contribution in [1.29, 1.82) is 0 Å². The van der Waals surface area contributed by atoms with Crippen LogP contribution in [0.2, 0.25) is 5.02 Å². The van der Waals surface area contributed by atoms with Gasteiger partial charge in [0.15, 0.2) is 0 Å². The monoisotopic (exact) mass is 281 g/mol. The molecular formula is C15H24ClN3. The van der Waals surface area contributed by atoms with Gasteiger partial charge in [-0.15, -0.1) is 0 Å². The predicted octanol–water partition coefficient (Wildman–Crippen LogP) is 3.46. The highest BCUT2D eigenvalue weighted by Crippen LogP contribution is 2.35. The number of hydrogen-bond donors (Lipinski definition) is 1. The molecule has 1 aliphatic heterocycles. The van der Waals surface area contributed by atoms with Gasteiger partial charge < -0.3 is 10.6 Å². The van der Waals surface area contributed by atoms with Crippen molar-refractivity contribution in [1.82, 2.24) is 4.98 Å². The molecule has 1 fully saturated rings. The lowest BCUT2D eigenvalue weighted by molar-refractivity contribution is 0.198. The van der Waals surface area contributed by atoms with E-state index in [1.54, 1.807) is 0 Å². The highest BCUT2D eigenvalue weighted by Gasteiger charge is 2.29. The van der Waals surface area contributed by atoms with Gasteiger partial charge in [-0.1, -0.05) is 32.4 Å². The molecule has 0 aromatic carbocycles. The molecule has 19 heavy (non-hydrogen) atoms. The molecule has 3 nitrogen and oxygen atoms in total. The van der Waals surface area contributed by atoms with Crippen LogP contribution in [-0.4, -0.2) is 18.1 Å². The summed E-state index contributed by atoms with van der Waals surface area (Å²) in [7, 11) is 0. The summed E-state index contributed by atoms with van der Waals surface area (Å²) in [5.41, 5.74) is 6.86. The maximum absolute atomic E-state index is 6.06. The second-order valence-electron chi connectivity index (χ2n) is 6.43. The Labute approximate surface area is 121 Å². The molecule has 1 aromatic rings. The van der Waals surface area contributed by atoms with Crippen LogP contribution in [0.3, 0.4) is 0 Å². The van der Waals surface area contributed by atoms with Crippen LogP contribution in [0.1, 0.15) is 39.3 Å². The molecule has 0 spiro atoms. The first-order chi connectivity index (χ1) is 8.91. The van der Waals surface area contributed by atoms with Crippen molar-refractivity contribution in [2.45, 2.75) is 40.2 Å². The SMILES string of the molecule is CC(C)(C)C1CCN(c2ccc(Cl)c(CN)n2)CC1. The minimum Gasteiger partial charge on any atom is -0.357 e. The third-order valence-corrected chi connectivity index (χ3v) is 4.49. The summed E-state index contributed by atoms with van der Waals surface area (Å²) in [4.78, 5) is 6.92. The molecule has 0 atom stereocenters. The number of halogens is 1. The van der Waals surface area contributed by atoms with Gasteiger partial charge >= 0.3 is 0 Å². The van der Waals surface area contributed by atoms with E-state index >= 15 is 0 Å². The van der Waals surface area contributed by atoms with Crippen molar-refractivity contribution >= 4 is 17.4 Å². The first-order valence-electron chi connectivity index (χ1n) is 7.02. The van der Waals surface area contributed by atoms with Crippen molar-refractivity contribution < 1.29 is 0 Å². The Balaban J connectivity index is 2.05. The Kier molecular flexibility index (Phi) is 4.36. The molecule has 0 saturated carbocycles. The second-order valence-corrected chi connectivity index (χ2v) is 6.84. The van der Waals surface area contributed by atoms with Crippen LogP contribution >= 0.6 is 11.6 Å². The van der Waals surface area contributed by atoms with Crippen molar-refractivity contribution in [2.75, 3.05) is 18.0 Å². The van der Waals surface area contributed by atoms with Gasteiger partial charge in [0.2, 0.25) is 0 Å². The summed E-state index contributed by atoms with van der Waals surface area (Å²) in [6.07, 6.45) is 2.46. The zero-order valence-corrected chi connectivity index (χ0v) is 12.9. The molecule has 106 valence electrons. The van der Waals surface area contributed by atoms with Gasteiger partial charge in [-0.3, -0.25) is 0 Å². The third-order valence-electron chi connectivity index (χ3n) is 4.14. The van der Waals surface area contributed by atoms with Crippen molar-refractivity contribution in [3.05, 3.63) is 22.8 Å². The highest BCUT2D eigenvalue weighted by atomic mass is 35.5. The molecule has 1 aromatic heterocycles. The Morgan fingerprint density at radius 1 is 1.32 bits per heavy atom. The van der Waals surface area contributed by atoms with Crippen LogP contribution in [0.4, 0.5) is 5.82 Å². The fourth-order valence-electron chi connectivity index (χ4n) is 2.77. The van der Waals surface area contributed by atoms with E-state index in [9.17, 15) is 0 Å². The first kappa shape index (κ1) is 14.6. The van der Waals surface area contributed by atoms with E-state index in [4.69, 9.17) is 17.3 Å². The second kappa shape index (κ2) is 5.68. The van der Waals surface area contributed by atoms with E-state index in [-0.39, 0.29) is 0 Å². The van der Waals surface area contributed by atoms with Gasteiger partial charge in [0, 0.05) is 19.6 Å². The largest absolute Gasteiger partial charge is 0.357 e. The van der Waals surface area contributed by atoms with Crippen LogP contribution in [0, 0.1) is 11.3 Å². The fourth-order valence-corrected chi connectivity index (χ4v) is 2.95. The number of aromatic nitrogens is 1. The number of piperidine rings is 1. The lowest BCUT2D eigenvalue weighted by atomic mass is 9.75. The van der Waals surface area contributed by atoms with Gasteiger partial charge in [0.25, 0.3) is 0 Å². The van der Waals surface area contributed by atoms with E-state index in [0.717, 1.165) is 30.5 Å². The minimum atomic E-state index is 0.394. The molecule has 2 N–H and O–H groups in total. The normalized spacial score (nSPS) is 17.8. The first-order valence-corrected chi connectivity index (χ1v) is 7.40. The molecule has 0 aliphatic carbocycles. The van der Waals surface area contributed by atoms with E-state index in [1.807, 2.05) is 12.1 Å². The summed E-state index contributed by atoms with van der Waals surface area (Å²) < 4.78 is 0. The lowest BCUT2D eigenvalue weighted by Gasteiger charge is -2.39. The molecule has 2 heterocycles. The smallest absolute Gasteiger partial charge is 0.128 e. The molecule has 0 radical (unpaired) electrons. The van der Waals surface area contributed by atoms with Crippen LogP contribution in [0.25, 0.3) is 0 Å². The number of anilines is 1. The Morgan fingerprint density at radius 2 is 1.95 bits per heavy atom. The number of rotatable bonds is 2. The average Bonchev–Trinajstić information content (AvgIpc) is 2.38. The van der Waals surface area contributed by atoms with E-state index in [2.05, 4.69) is 30.7 Å². The molecule has 0 amide bonds. The summed E-state index contributed by atoms with van der Waals surface area (Å²) >= 11 is 6.06. The molecule has 1 saturated heterocycles. The molecule has 0 unspecified atom stereocenters. The summed E-state index contributed by atoms with van der Waals surface area (Å²) in [5, 5.41) is 0.663. The molecule has 0 bridgehead atoms. The summed E-state index contributed by atoms with van der Waals surface area (Å²) in [6, 6.07) is 3.90. The number of nitrogens with two attached hydrogens (primary N) is 1. The Morgan fingerprint density at radius 3 is 2.47 bits per heavy atom. The standard InChI is InChI=1S/C15H24ClN3/c1-15(2,3)11-6-8-19(9-7-11)14-5-4-12(16)13(10-17)18-14/h4-5,11H,6-10,17H2,1-3H3. The summed E-state index contributed by atoms with van der Waals surface area (Å²) in [5.74, 6) is 1.81. The Bertz CT molecular complexity index is 432. The van der Waals surface area contributed by atoms with Crippen molar-refractivity contribution in [2.24, 2.45) is 17.1 Å². The van der Waals surface area contributed by atoms with Gasteiger partial charge in [-0.05, 0) is 36.3 Å². The lowest BCUT2D eigenvalue weighted by Crippen LogP contribution is -2.38. The van der Waals surface area contributed by atoms with Gasteiger partial charge in [0.05, 0.1) is 10.7 Å². The fraction of sp³-hybridized carbons (Fsp3) is 0.667. The maximum atomic E-state index is 6.06. The van der Waals surface area contributed by atoms with Crippen molar-refractivity contribution in [3.8, 4) is 0 Å². The van der Waals surface area contributed by atoms with Crippen LogP contribution in [-0.2, 0) is 6.54 Å². The maximum Gasteiger partial charge on any atom is 0.128 e. The van der Waals surface area contributed by atoms with Gasteiger partial charge in [-0.25, -0.2) is 4.98 Å². The zero-order chi connectivity index (χ0) is 14.0. The predicted molar refractivity (Wildman–Crippen MR) is 81.5 cm³/mol. The molecule has 1 aliphatic rings. The van der Waals surface area contributed by atoms with Crippen LogP contribution in [0.15, 0.2) is 12.1 Å². The number of nitrogens with zero attached hydrogens (tertiary/aromatic N) is 2. The average molecular weight is 282 g/mol. The Hall–Kier alpha value is -0.800. The van der Waals surface area contributed by atoms with Gasteiger partial charge in [-0.2, -0.15) is 0 Å². The number of pyridine rings is 1. The van der Waals surface area contributed by atoms with E-state index in [0.29, 0.717) is 17.0 Å². The third kappa shape index (κ3) is 3.40. The quantitative estimate of drug-likeness (QED) is 0.903. The van der Waals surface area contributed by atoms with E-state index in [1.165, 1.54) is 12.8 Å². The highest BCUT2D eigenvalue weighted by molar-refractivity contribution is 6.31. The number of hydrogen-bond acceptors (Lipinski definition) is 3. The molecule has 2 rings (SSSR count). The zero-order valence-electron chi connectivity index (χ0n) is 12.1. The minimum absolute atomic E-state index is 0.394. The molecular weight excluding hydrogens is 258 g/mol. The van der Waals surface area contributed by atoms with Crippen LogP contribution < -0.4 is 10.6 Å². The van der Waals surface area contributed by atoms with Crippen LogP contribution in [0.5, 0.6) is 0 Å². The molecule has 4 heteroatoms.